The van der Waals surface area contributed by atoms with Gasteiger partial charge in [0, 0.05) is 18.0 Å². The summed E-state index contributed by atoms with van der Waals surface area (Å²) in [5.74, 6) is 0.965. The molecule has 1 aliphatic carbocycles. The maximum absolute atomic E-state index is 12.1. The number of anilines is 2. The van der Waals surface area contributed by atoms with E-state index in [-0.39, 0.29) is 15.6 Å². The molecule has 0 unspecified atom stereocenters. The third kappa shape index (κ3) is 7.42. The summed E-state index contributed by atoms with van der Waals surface area (Å²) in [7, 11) is 0. The van der Waals surface area contributed by atoms with E-state index in [1.165, 1.54) is 25.1 Å². The second-order valence-electron chi connectivity index (χ2n) is 5.43. The van der Waals surface area contributed by atoms with Gasteiger partial charge >= 0.3 is 0 Å². The lowest BCUT2D eigenvalue weighted by molar-refractivity contribution is -0.105. The van der Waals surface area contributed by atoms with E-state index in [2.05, 4.69) is 22.5 Å². The third-order valence-corrected chi connectivity index (χ3v) is 3.91. The van der Waals surface area contributed by atoms with E-state index < -0.39 is 5.91 Å². The first-order valence-electron chi connectivity index (χ1n) is 8.43. The van der Waals surface area contributed by atoms with Crippen LogP contribution in [-0.2, 0) is 4.79 Å². The lowest BCUT2D eigenvalue weighted by Crippen LogP contribution is -2.13. The number of aromatic nitrogens is 1. The molecular formula is C19H23Cl2N3O2. The summed E-state index contributed by atoms with van der Waals surface area (Å²) in [6, 6.07) is 7.90. The van der Waals surface area contributed by atoms with Gasteiger partial charge in [-0.3, -0.25) is 9.59 Å². The van der Waals surface area contributed by atoms with Crippen molar-refractivity contribution in [2.75, 3.05) is 10.6 Å². The second kappa shape index (κ2) is 11.5. The zero-order valence-corrected chi connectivity index (χ0v) is 16.6. The minimum absolute atomic E-state index is 0.192. The highest BCUT2D eigenvalue weighted by molar-refractivity contribution is 6.40. The average Bonchev–Trinajstić information content (AvgIpc) is 3.40. The van der Waals surface area contributed by atoms with E-state index in [9.17, 15) is 9.59 Å². The van der Waals surface area contributed by atoms with Crippen molar-refractivity contribution in [1.29, 1.82) is 0 Å². The molecule has 5 nitrogen and oxygen atoms in total. The van der Waals surface area contributed by atoms with Crippen molar-refractivity contribution in [1.82, 2.24) is 4.98 Å². The van der Waals surface area contributed by atoms with Gasteiger partial charge in [-0.05, 0) is 24.1 Å². The lowest BCUT2D eigenvalue weighted by atomic mass is 10.2. The molecule has 2 aromatic rings. The largest absolute Gasteiger partial charge is 0.322 e. The molecule has 1 aliphatic rings. The van der Waals surface area contributed by atoms with Crippen LogP contribution in [0.4, 0.5) is 11.5 Å². The highest BCUT2D eigenvalue weighted by Crippen LogP contribution is 2.27. The molecule has 0 saturated heterocycles. The van der Waals surface area contributed by atoms with Crippen molar-refractivity contribution >= 4 is 47.0 Å². The van der Waals surface area contributed by atoms with Crippen molar-refractivity contribution in [2.24, 2.45) is 5.92 Å². The summed E-state index contributed by atoms with van der Waals surface area (Å²) < 4.78 is 0. The van der Waals surface area contributed by atoms with E-state index in [1.54, 1.807) is 24.3 Å². The van der Waals surface area contributed by atoms with E-state index in [0.29, 0.717) is 17.9 Å². The molecule has 1 fully saturated rings. The summed E-state index contributed by atoms with van der Waals surface area (Å²) in [6.07, 6.45) is 4.93. The van der Waals surface area contributed by atoms with E-state index in [1.807, 2.05) is 13.8 Å². The number of pyridine rings is 1. The normalized spacial score (nSPS) is 11.9. The van der Waals surface area contributed by atoms with Crippen molar-refractivity contribution in [3.05, 3.63) is 52.1 Å². The number of amides is 2. The van der Waals surface area contributed by atoms with Crippen LogP contribution in [-0.4, -0.2) is 17.3 Å². The quantitative estimate of drug-likeness (QED) is 0.656. The molecule has 2 amide bonds. The Morgan fingerprint density at radius 2 is 1.77 bits per heavy atom. The standard InChI is InChI=1S/C13H9Cl2N3O2.C4H8.C2H6/c14-9-2-1-3-10(15)12(9)13(20)18-8-4-5-16-11(6-8)17-7-19;1-4-2-3-4;1-2/h1-7H,(H2,16,17,18,19,20);4H,2-3H2,1H3;1-2H3. The van der Waals surface area contributed by atoms with Crippen molar-refractivity contribution in [3.63, 3.8) is 0 Å². The maximum atomic E-state index is 12.1. The first kappa shape index (κ1) is 21.9. The molecule has 1 heterocycles. The van der Waals surface area contributed by atoms with Gasteiger partial charge in [-0.15, -0.1) is 0 Å². The highest BCUT2D eigenvalue weighted by atomic mass is 35.5. The van der Waals surface area contributed by atoms with Crippen molar-refractivity contribution < 1.29 is 9.59 Å². The number of halogens is 2. The summed E-state index contributed by atoms with van der Waals surface area (Å²) in [6.45, 7) is 6.28. The number of carbonyl (C=O) groups excluding carboxylic acids is 2. The fourth-order valence-corrected chi connectivity index (χ4v) is 2.29. The number of hydrogen-bond donors (Lipinski definition) is 2. The van der Waals surface area contributed by atoms with Crippen LogP contribution in [0.1, 0.15) is 44.0 Å². The molecule has 140 valence electrons. The maximum Gasteiger partial charge on any atom is 0.258 e. The Hall–Kier alpha value is -2.11. The molecule has 1 aromatic heterocycles. The minimum Gasteiger partial charge on any atom is -0.322 e. The number of benzene rings is 1. The number of nitrogens with one attached hydrogen (secondary N) is 2. The van der Waals surface area contributed by atoms with Gasteiger partial charge < -0.3 is 10.6 Å². The predicted molar refractivity (Wildman–Crippen MR) is 108 cm³/mol. The van der Waals surface area contributed by atoms with Gasteiger partial charge in [0.15, 0.2) is 0 Å². The number of hydrogen-bond acceptors (Lipinski definition) is 3. The topological polar surface area (TPSA) is 71.1 Å². The van der Waals surface area contributed by atoms with Gasteiger partial charge in [-0.1, -0.05) is 62.9 Å². The molecular weight excluding hydrogens is 373 g/mol. The van der Waals surface area contributed by atoms with Gasteiger partial charge in [0.05, 0.1) is 15.6 Å². The molecule has 0 atom stereocenters. The van der Waals surface area contributed by atoms with Gasteiger partial charge in [0.2, 0.25) is 6.41 Å². The van der Waals surface area contributed by atoms with E-state index >= 15 is 0 Å². The molecule has 3 rings (SSSR count). The van der Waals surface area contributed by atoms with Crippen LogP contribution < -0.4 is 10.6 Å². The number of rotatable bonds is 4. The Bertz CT molecular complexity index is 714. The van der Waals surface area contributed by atoms with Crippen LogP contribution in [0.15, 0.2) is 36.5 Å². The monoisotopic (exact) mass is 395 g/mol. The summed E-state index contributed by atoms with van der Waals surface area (Å²) in [5, 5.41) is 5.54. The molecule has 1 aromatic carbocycles. The Labute approximate surface area is 164 Å². The molecule has 0 spiro atoms. The lowest BCUT2D eigenvalue weighted by Gasteiger charge is -2.09. The second-order valence-corrected chi connectivity index (χ2v) is 6.24. The van der Waals surface area contributed by atoms with Crippen LogP contribution in [0.3, 0.4) is 0 Å². The molecule has 7 heteroatoms. The summed E-state index contributed by atoms with van der Waals surface area (Å²) in [5.41, 5.74) is 0.655. The van der Waals surface area contributed by atoms with Gasteiger partial charge in [-0.25, -0.2) is 4.98 Å². The number of nitrogens with zero attached hydrogens (tertiary/aromatic N) is 1. The summed E-state index contributed by atoms with van der Waals surface area (Å²) >= 11 is 11.9. The number of carbonyl (C=O) groups is 2. The van der Waals surface area contributed by atoms with Crippen molar-refractivity contribution in [3.8, 4) is 0 Å². The van der Waals surface area contributed by atoms with Crippen LogP contribution >= 0.6 is 23.2 Å². The van der Waals surface area contributed by atoms with E-state index in [4.69, 9.17) is 23.2 Å². The van der Waals surface area contributed by atoms with Crippen molar-refractivity contribution in [2.45, 2.75) is 33.6 Å². The van der Waals surface area contributed by atoms with Crippen LogP contribution in [0.5, 0.6) is 0 Å². The smallest absolute Gasteiger partial charge is 0.258 e. The average molecular weight is 396 g/mol. The van der Waals surface area contributed by atoms with E-state index in [0.717, 1.165) is 5.92 Å². The van der Waals surface area contributed by atoms with Gasteiger partial charge in [-0.2, -0.15) is 0 Å². The molecule has 0 aliphatic heterocycles. The zero-order chi connectivity index (χ0) is 19.5. The fraction of sp³-hybridized carbons (Fsp3) is 0.316. The third-order valence-electron chi connectivity index (χ3n) is 3.28. The Morgan fingerprint density at radius 3 is 2.27 bits per heavy atom. The molecule has 2 N–H and O–H groups in total. The predicted octanol–water partition coefficient (Wildman–Crippen LogP) is 5.65. The molecule has 0 bridgehead atoms. The highest BCUT2D eigenvalue weighted by Gasteiger charge is 2.14. The SMILES string of the molecule is CC.CC1CC1.O=CNc1cc(NC(=O)c2c(Cl)cccc2Cl)ccn1. The van der Waals surface area contributed by atoms with Crippen LogP contribution in [0.2, 0.25) is 10.0 Å². The fourth-order valence-electron chi connectivity index (χ4n) is 1.72. The Morgan fingerprint density at radius 1 is 1.19 bits per heavy atom. The Balaban J connectivity index is 0.000000484. The van der Waals surface area contributed by atoms with Crippen LogP contribution in [0, 0.1) is 5.92 Å². The zero-order valence-electron chi connectivity index (χ0n) is 15.1. The first-order valence-corrected chi connectivity index (χ1v) is 9.18. The van der Waals surface area contributed by atoms with Crippen LogP contribution in [0.25, 0.3) is 0 Å². The minimum atomic E-state index is -0.441. The van der Waals surface area contributed by atoms with Gasteiger partial charge in [0.1, 0.15) is 5.82 Å². The molecule has 1 saturated carbocycles. The molecule has 0 radical (unpaired) electrons. The summed E-state index contributed by atoms with van der Waals surface area (Å²) in [4.78, 5) is 26.4. The first-order chi connectivity index (χ1) is 12.5. The van der Waals surface area contributed by atoms with Gasteiger partial charge in [0.25, 0.3) is 5.91 Å². The Kier molecular flexibility index (Phi) is 9.70. The molecule has 26 heavy (non-hydrogen) atoms.